The zero-order valence-corrected chi connectivity index (χ0v) is 10.7. The van der Waals surface area contributed by atoms with E-state index in [4.69, 9.17) is 10.5 Å². The van der Waals surface area contributed by atoms with E-state index in [0.717, 1.165) is 41.9 Å². The second kappa shape index (κ2) is 6.28. The van der Waals surface area contributed by atoms with Gasteiger partial charge in [0.25, 0.3) is 0 Å². The first kappa shape index (κ1) is 13.6. The highest BCUT2D eigenvalue weighted by Crippen LogP contribution is 2.29. The van der Waals surface area contributed by atoms with E-state index in [1.807, 2.05) is 12.2 Å². The Bertz CT molecular complexity index is 398. The summed E-state index contributed by atoms with van der Waals surface area (Å²) in [5, 5.41) is 0. The molecule has 0 unspecified atom stereocenters. The van der Waals surface area contributed by atoms with Gasteiger partial charge in [0.1, 0.15) is 5.76 Å². The Kier molecular flexibility index (Phi) is 5.01. The van der Waals surface area contributed by atoms with Crippen LogP contribution in [0.15, 0.2) is 46.7 Å². The van der Waals surface area contributed by atoms with Crippen LogP contribution in [0.1, 0.15) is 33.1 Å². The summed E-state index contributed by atoms with van der Waals surface area (Å²) in [5.41, 5.74) is 8.84. The number of hydrogen-bond acceptors (Lipinski definition) is 2. The second-order valence-corrected chi connectivity index (χ2v) is 4.07. The molecule has 0 radical (unpaired) electrons. The monoisotopic (exact) mass is 237 g/mol. The summed E-state index contributed by atoms with van der Waals surface area (Å²) in [7, 11) is 1.63. The molecule has 1 rings (SSSR count). The quantitative estimate of drug-likeness (QED) is 0.756. The molecule has 0 saturated carbocycles. The summed E-state index contributed by atoms with van der Waals surface area (Å²) in [6.45, 7) is 3.49. The van der Waals surface area contributed by atoms with Crippen LogP contribution in [-0.4, -0.2) is 7.11 Å². The largest absolute Gasteiger partial charge is 0.496 e. The van der Waals surface area contributed by atoms with Crippen molar-refractivity contribution in [1.29, 1.82) is 0 Å². The number of methoxy groups -OCH3 is 1. The molecule has 2 N–H and O–H groups in total. The van der Waals surface area contributed by atoms with Gasteiger partial charge in [-0.25, -0.2) is 4.39 Å². The average molecular weight is 237 g/mol. The van der Waals surface area contributed by atoms with Crippen molar-refractivity contribution in [2.75, 3.05) is 7.11 Å². The van der Waals surface area contributed by atoms with Gasteiger partial charge in [-0.2, -0.15) is 0 Å². The number of hydrogen-bond donors (Lipinski definition) is 1. The van der Waals surface area contributed by atoms with Crippen molar-refractivity contribution in [1.82, 2.24) is 0 Å². The summed E-state index contributed by atoms with van der Waals surface area (Å²) in [6.07, 6.45) is 7.69. The number of nitrogens with two attached hydrogens (primary N) is 1. The van der Waals surface area contributed by atoms with Gasteiger partial charge in [-0.1, -0.05) is 13.0 Å². The molecule has 0 atom stereocenters. The third-order valence-corrected chi connectivity index (χ3v) is 2.78. The van der Waals surface area contributed by atoms with Crippen LogP contribution in [-0.2, 0) is 4.74 Å². The summed E-state index contributed by atoms with van der Waals surface area (Å²) in [5.74, 6) is 0.605. The van der Waals surface area contributed by atoms with Gasteiger partial charge >= 0.3 is 0 Å². The molecular weight excluding hydrogens is 217 g/mol. The van der Waals surface area contributed by atoms with E-state index in [1.54, 1.807) is 7.11 Å². The summed E-state index contributed by atoms with van der Waals surface area (Å²) in [4.78, 5) is 0. The summed E-state index contributed by atoms with van der Waals surface area (Å²) >= 11 is 0. The Hall–Kier alpha value is -1.51. The predicted molar refractivity (Wildman–Crippen MR) is 68.8 cm³/mol. The van der Waals surface area contributed by atoms with Crippen LogP contribution in [0.5, 0.6) is 0 Å². The highest BCUT2D eigenvalue weighted by Gasteiger charge is 2.14. The second-order valence-electron chi connectivity index (χ2n) is 4.07. The van der Waals surface area contributed by atoms with Crippen molar-refractivity contribution in [3.05, 3.63) is 46.7 Å². The average Bonchev–Trinajstić information content (AvgIpc) is 2.30. The maximum Gasteiger partial charge on any atom is 0.124 e. The van der Waals surface area contributed by atoms with Gasteiger partial charge in [-0.15, -0.1) is 0 Å². The van der Waals surface area contributed by atoms with E-state index >= 15 is 0 Å². The van der Waals surface area contributed by atoms with Crippen LogP contribution < -0.4 is 5.73 Å². The number of halogens is 1. The molecule has 1 aliphatic carbocycles. The molecule has 94 valence electrons. The minimum atomic E-state index is -0.193. The van der Waals surface area contributed by atoms with Crippen LogP contribution in [0.2, 0.25) is 0 Å². The van der Waals surface area contributed by atoms with Gasteiger partial charge in [0, 0.05) is 5.70 Å². The van der Waals surface area contributed by atoms with Crippen molar-refractivity contribution >= 4 is 0 Å². The van der Waals surface area contributed by atoms with Gasteiger partial charge in [0.2, 0.25) is 0 Å². The lowest BCUT2D eigenvalue weighted by Crippen LogP contribution is -2.08. The molecule has 0 aliphatic heterocycles. The first-order valence-electron chi connectivity index (χ1n) is 5.85. The molecular formula is C14H20FNO. The SMILES string of the molecule is CC/C(=C\C=C(/C)F)C1=C(OC)C=C(N)CC1. The molecule has 0 aromatic rings. The standard InChI is InChI=1S/C14H20FNO/c1-4-11(6-5-10(2)15)13-8-7-12(16)9-14(13)17-3/h5-6,9H,4,7-8,16H2,1-3H3/b10-5+,11-6+. The van der Waals surface area contributed by atoms with E-state index in [1.165, 1.54) is 13.0 Å². The normalized spacial score (nSPS) is 18.2. The number of rotatable bonds is 4. The zero-order valence-electron chi connectivity index (χ0n) is 10.7. The van der Waals surface area contributed by atoms with Crippen molar-refractivity contribution in [2.24, 2.45) is 5.73 Å². The molecule has 0 amide bonds. The smallest absolute Gasteiger partial charge is 0.124 e. The fraction of sp³-hybridized carbons (Fsp3) is 0.429. The van der Waals surface area contributed by atoms with E-state index < -0.39 is 0 Å². The van der Waals surface area contributed by atoms with E-state index in [2.05, 4.69) is 6.92 Å². The third kappa shape index (κ3) is 3.77. The highest BCUT2D eigenvalue weighted by atomic mass is 19.1. The number of ether oxygens (including phenoxy) is 1. The zero-order chi connectivity index (χ0) is 12.8. The molecule has 0 fully saturated rings. The van der Waals surface area contributed by atoms with Gasteiger partial charge < -0.3 is 10.5 Å². The molecule has 0 aromatic carbocycles. The maximum absolute atomic E-state index is 12.7. The molecule has 0 saturated heterocycles. The minimum Gasteiger partial charge on any atom is -0.496 e. The number of allylic oxidation sites excluding steroid dienone is 7. The lowest BCUT2D eigenvalue weighted by atomic mass is 9.92. The fourth-order valence-corrected chi connectivity index (χ4v) is 1.87. The van der Waals surface area contributed by atoms with Gasteiger partial charge in [-0.05, 0) is 49.5 Å². The van der Waals surface area contributed by atoms with Crippen LogP contribution in [0, 0.1) is 0 Å². The summed E-state index contributed by atoms with van der Waals surface area (Å²) < 4.78 is 18.1. The van der Waals surface area contributed by atoms with Crippen LogP contribution >= 0.6 is 0 Å². The molecule has 17 heavy (non-hydrogen) atoms. The van der Waals surface area contributed by atoms with Crippen LogP contribution in [0.4, 0.5) is 4.39 Å². The first-order chi connectivity index (χ1) is 8.08. The van der Waals surface area contributed by atoms with Crippen molar-refractivity contribution in [3.63, 3.8) is 0 Å². The minimum absolute atomic E-state index is 0.193. The Morgan fingerprint density at radius 2 is 2.18 bits per heavy atom. The van der Waals surface area contributed by atoms with Crippen molar-refractivity contribution < 1.29 is 9.13 Å². The lowest BCUT2D eigenvalue weighted by Gasteiger charge is -2.19. The summed E-state index contributed by atoms with van der Waals surface area (Å²) in [6, 6.07) is 0. The van der Waals surface area contributed by atoms with E-state index in [-0.39, 0.29) is 5.83 Å². The lowest BCUT2D eigenvalue weighted by molar-refractivity contribution is 0.298. The molecule has 2 nitrogen and oxygen atoms in total. The molecule has 0 heterocycles. The highest BCUT2D eigenvalue weighted by molar-refractivity contribution is 5.42. The molecule has 0 aromatic heterocycles. The molecule has 0 bridgehead atoms. The maximum atomic E-state index is 12.7. The van der Waals surface area contributed by atoms with Gasteiger partial charge in [0.05, 0.1) is 12.9 Å². The van der Waals surface area contributed by atoms with Crippen molar-refractivity contribution in [2.45, 2.75) is 33.1 Å². The topological polar surface area (TPSA) is 35.2 Å². The Balaban J connectivity index is 3.10. The van der Waals surface area contributed by atoms with Crippen LogP contribution in [0.25, 0.3) is 0 Å². The molecule has 1 aliphatic rings. The third-order valence-electron chi connectivity index (χ3n) is 2.78. The molecule has 0 spiro atoms. The Morgan fingerprint density at radius 3 is 2.71 bits per heavy atom. The fourth-order valence-electron chi connectivity index (χ4n) is 1.87. The first-order valence-corrected chi connectivity index (χ1v) is 5.85. The van der Waals surface area contributed by atoms with Gasteiger partial charge in [0.15, 0.2) is 0 Å². The predicted octanol–water partition coefficient (Wildman–Crippen LogP) is 3.73. The Labute approximate surface area is 102 Å². The van der Waals surface area contributed by atoms with Crippen molar-refractivity contribution in [3.8, 4) is 0 Å². The van der Waals surface area contributed by atoms with Crippen LogP contribution in [0.3, 0.4) is 0 Å². The van der Waals surface area contributed by atoms with Gasteiger partial charge in [-0.3, -0.25) is 0 Å². The molecule has 3 heteroatoms. The van der Waals surface area contributed by atoms with E-state index in [9.17, 15) is 4.39 Å². The van der Waals surface area contributed by atoms with E-state index in [0.29, 0.717) is 0 Å². The Morgan fingerprint density at radius 1 is 1.47 bits per heavy atom.